The Bertz CT molecular complexity index is 229. The highest BCUT2D eigenvalue weighted by molar-refractivity contribution is 4.92. The molecular formula is C14H26N2. The van der Waals surface area contributed by atoms with Crippen molar-refractivity contribution in [3.05, 3.63) is 24.5 Å². The molecule has 0 atom stereocenters. The number of nitrogens with zero attached hydrogens (tertiary/aromatic N) is 1. The Balaban J connectivity index is 1.78. The van der Waals surface area contributed by atoms with Crippen molar-refractivity contribution in [3.63, 3.8) is 0 Å². The van der Waals surface area contributed by atoms with Crippen LogP contribution in [0.25, 0.3) is 0 Å². The summed E-state index contributed by atoms with van der Waals surface area (Å²) in [5.41, 5.74) is 3.35. The zero-order valence-corrected chi connectivity index (χ0v) is 10.6. The van der Waals surface area contributed by atoms with Gasteiger partial charge in [-0.2, -0.15) is 0 Å². The summed E-state index contributed by atoms with van der Waals surface area (Å²) in [6, 6.07) is 4.08. The number of rotatable bonds is 10. The average Bonchev–Trinajstić information content (AvgIpc) is 2.80. The van der Waals surface area contributed by atoms with Crippen LogP contribution in [0.15, 0.2) is 24.5 Å². The van der Waals surface area contributed by atoms with E-state index in [1.807, 2.05) is 29.2 Å². The highest BCUT2D eigenvalue weighted by Gasteiger charge is 1.91. The van der Waals surface area contributed by atoms with E-state index >= 15 is 0 Å². The Labute approximate surface area is 100 Å². The van der Waals surface area contributed by atoms with E-state index < -0.39 is 0 Å². The second kappa shape index (κ2) is 9.32. The standard InChI is InChI=1S/C14H26N2/c1-2-3-4-5-6-7-8-9-12-15-16-13-10-11-14-16/h10-11,13-15H,2-9,12H2,1H3. The summed E-state index contributed by atoms with van der Waals surface area (Å²) in [5, 5.41) is 0. The third kappa shape index (κ3) is 6.54. The van der Waals surface area contributed by atoms with Crippen LogP contribution in [-0.4, -0.2) is 11.2 Å². The smallest absolute Gasteiger partial charge is 0.0313 e. The fourth-order valence-corrected chi connectivity index (χ4v) is 1.91. The van der Waals surface area contributed by atoms with Gasteiger partial charge in [0.05, 0.1) is 0 Å². The molecule has 1 rings (SSSR count). The normalized spacial score (nSPS) is 10.6. The van der Waals surface area contributed by atoms with Crippen LogP contribution >= 0.6 is 0 Å². The zero-order valence-electron chi connectivity index (χ0n) is 10.6. The van der Waals surface area contributed by atoms with Gasteiger partial charge in [-0.3, -0.25) is 4.68 Å². The van der Waals surface area contributed by atoms with E-state index in [1.165, 1.54) is 51.4 Å². The van der Waals surface area contributed by atoms with Crippen molar-refractivity contribution in [2.24, 2.45) is 0 Å². The van der Waals surface area contributed by atoms with Crippen molar-refractivity contribution >= 4 is 0 Å². The third-order valence-electron chi connectivity index (χ3n) is 2.93. The van der Waals surface area contributed by atoms with Crippen LogP contribution in [0.3, 0.4) is 0 Å². The number of hydrogen-bond donors (Lipinski definition) is 1. The lowest BCUT2D eigenvalue weighted by atomic mass is 10.1. The highest BCUT2D eigenvalue weighted by Crippen LogP contribution is 2.07. The molecule has 1 aromatic rings. The maximum Gasteiger partial charge on any atom is 0.0313 e. The molecule has 0 unspecified atom stereocenters. The first-order chi connectivity index (χ1) is 7.93. The van der Waals surface area contributed by atoms with Crippen LogP contribution < -0.4 is 5.43 Å². The predicted molar refractivity (Wildman–Crippen MR) is 71.3 cm³/mol. The lowest BCUT2D eigenvalue weighted by Crippen LogP contribution is -2.13. The van der Waals surface area contributed by atoms with Gasteiger partial charge in [0.2, 0.25) is 0 Å². The molecule has 0 aromatic carbocycles. The topological polar surface area (TPSA) is 17.0 Å². The number of unbranched alkanes of at least 4 members (excludes halogenated alkanes) is 7. The summed E-state index contributed by atoms with van der Waals surface area (Å²) in [7, 11) is 0. The number of nitrogens with one attached hydrogen (secondary N) is 1. The molecule has 0 aliphatic heterocycles. The van der Waals surface area contributed by atoms with Gasteiger partial charge >= 0.3 is 0 Å². The zero-order chi connectivity index (χ0) is 11.5. The molecule has 2 nitrogen and oxygen atoms in total. The van der Waals surface area contributed by atoms with Gasteiger partial charge in [0.15, 0.2) is 0 Å². The summed E-state index contributed by atoms with van der Waals surface area (Å²) in [5.74, 6) is 0. The predicted octanol–water partition coefficient (Wildman–Crippen LogP) is 4.17. The van der Waals surface area contributed by atoms with Crippen molar-refractivity contribution in [1.29, 1.82) is 0 Å². The first-order valence-corrected chi connectivity index (χ1v) is 6.80. The summed E-state index contributed by atoms with van der Waals surface area (Å²) in [4.78, 5) is 0. The largest absolute Gasteiger partial charge is 0.326 e. The lowest BCUT2D eigenvalue weighted by Gasteiger charge is -2.06. The third-order valence-corrected chi connectivity index (χ3v) is 2.93. The minimum atomic E-state index is 1.09. The van der Waals surface area contributed by atoms with Gasteiger partial charge in [-0.15, -0.1) is 0 Å². The molecule has 0 aliphatic carbocycles. The van der Waals surface area contributed by atoms with Crippen LogP contribution in [-0.2, 0) is 0 Å². The SMILES string of the molecule is CCCCCCCCCCNn1cccc1. The van der Waals surface area contributed by atoms with Crippen molar-refractivity contribution in [2.45, 2.75) is 58.3 Å². The minimum absolute atomic E-state index is 1.09. The van der Waals surface area contributed by atoms with Crippen LogP contribution in [0, 0.1) is 0 Å². The Kier molecular flexibility index (Phi) is 7.65. The van der Waals surface area contributed by atoms with Gasteiger partial charge in [0.1, 0.15) is 0 Å². The van der Waals surface area contributed by atoms with Gasteiger partial charge in [-0.05, 0) is 18.6 Å². The molecule has 0 aliphatic rings. The van der Waals surface area contributed by atoms with Gasteiger partial charge < -0.3 is 5.43 Å². The maximum atomic E-state index is 3.35. The van der Waals surface area contributed by atoms with Crippen LogP contribution in [0.1, 0.15) is 58.3 Å². The van der Waals surface area contributed by atoms with Crippen molar-refractivity contribution in [3.8, 4) is 0 Å². The van der Waals surface area contributed by atoms with Crippen LogP contribution in [0.5, 0.6) is 0 Å². The molecule has 0 fully saturated rings. The summed E-state index contributed by atoms with van der Waals surface area (Å²) >= 11 is 0. The molecular weight excluding hydrogens is 196 g/mol. The van der Waals surface area contributed by atoms with E-state index in [0.29, 0.717) is 0 Å². The first-order valence-electron chi connectivity index (χ1n) is 6.80. The monoisotopic (exact) mass is 222 g/mol. The minimum Gasteiger partial charge on any atom is -0.326 e. The quantitative estimate of drug-likeness (QED) is 0.588. The molecule has 0 bridgehead atoms. The number of aromatic nitrogens is 1. The van der Waals surface area contributed by atoms with Crippen molar-refractivity contribution in [1.82, 2.24) is 4.68 Å². The fourth-order valence-electron chi connectivity index (χ4n) is 1.91. The Hall–Kier alpha value is -0.920. The molecule has 0 spiro atoms. The molecule has 0 saturated heterocycles. The van der Waals surface area contributed by atoms with Crippen molar-refractivity contribution < 1.29 is 0 Å². The summed E-state index contributed by atoms with van der Waals surface area (Å²) < 4.78 is 2.03. The molecule has 0 saturated carbocycles. The van der Waals surface area contributed by atoms with Crippen LogP contribution in [0.4, 0.5) is 0 Å². The molecule has 1 aromatic heterocycles. The second-order valence-electron chi connectivity index (χ2n) is 4.47. The number of hydrogen-bond acceptors (Lipinski definition) is 1. The van der Waals surface area contributed by atoms with Gasteiger partial charge in [-0.1, -0.05) is 51.9 Å². The molecule has 1 N–H and O–H groups in total. The Morgan fingerprint density at radius 3 is 2.00 bits per heavy atom. The molecule has 2 heteroatoms. The van der Waals surface area contributed by atoms with Crippen molar-refractivity contribution in [2.75, 3.05) is 12.0 Å². The highest BCUT2D eigenvalue weighted by atomic mass is 15.4. The van der Waals surface area contributed by atoms with Crippen LogP contribution in [0.2, 0.25) is 0 Å². The van der Waals surface area contributed by atoms with E-state index in [2.05, 4.69) is 12.3 Å². The van der Waals surface area contributed by atoms with E-state index in [0.717, 1.165) is 6.54 Å². The summed E-state index contributed by atoms with van der Waals surface area (Å²) in [6.07, 6.45) is 15.2. The van der Waals surface area contributed by atoms with Gasteiger partial charge in [0.25, 0.3) is 0 Å². The summed E-state index contributed by atoms with van der Waals surface area (Å²) in [6.45, 7) is 3.36. The molecule has 0 radical (unpaired) electrons. The molecule has 16 heavy (non-hydrogen) atoms. The van der Waals surface area contributed by atoms with E-state index in [9.17, 15) is 0 Å². The molecule has 92 valence electrons. The second-order valence-corrected chi connectivity index (χ2v) is 4.47. The first kappa shape index (κ1) is 13.1. The van der Waals surface area contributed by atoms with E-state index in [1.54, 1.807) is 0 Å². The Morgan fingerprint density at radius 2 is 1.38 bits per heavy atom. The molecule has 0 amide bonds. The van der Waals surface area contributed by atoms with Gasteiger partial charge in [-0.25, -0.2) is 0 Å². The van der Waals surface area contributed by atoms with E-state index in [-0.39, 0.29) is 0 Å². The fraction of sp³-hybridized carbons (Fsp3) is 0.714. The maximum absolute atomic E-state index is 3.35. The lowest BCUT2D eigenvalue weighted by molar-refractivity contribution is 0.576. The Morgan fingerprint density at radius 1 is 0.812 bits per heavy atom. The van der Waals surface area contributed by atoms with Gasteiger partial charge in [0, 0.05) is 18.9 Å². The van der Waals surface area contributed by atoms with E-state index in [4.69, 9.17) is 0 Å². The molecule has 1 heterocycles. The average molecular weight is 222 g/mol.